The Morgan fingerprint density at radius 1 is 1.06 bits per heavy atom. The van der Waals surface area contributed by atoms with E-state index >= 15 is 0 Å². The molecule has 1 amide bonds. The minimum atomic E-state index is -3.56. The Morgan fingerprint density at radius 2 is 1.87 bits per heavy atom. The van der Waals surface area contributed by atoms with Crippen molar-refractivity contribution in [3.8, 4) is 11.4 Å². The van der Waals surface area contributed by atoms with Crippen molar-refractivity contribution in [2.75, 3.05) is 26.2 Å². The summed E-state index contributed by atoms with van der Waals surface area (Å²) in [5, 5.41) is 15.5. The molecule has 0 saturated carbocycles. The lowest BCUT2D eigenvalue weighted by Crippen LogP contribution is -2.51. The van der Waals surface area contributed by atoms with Crippen LogP contribution in [0, 0.1) is 0 Å². The zero-order valence-corrected chi connectivity index (χ0v) is 18.5. The van der Waals surface area contributed by atoms with E-state index in [0.29, 0.717) is 23.8 Å². The van der Waals surface area contributed by atoms with Gasteiger partial charge in [0.2, 0.25) is 15.9 Å². The van der Waals surface area contributed by atoms with Gasteiger partial charge in [-0.05, 0) is 64.4 Å². The lowest BCUT2D eigenvalue weighted by molar-refractivity contribution is -0.133. The van der Waals surface area contributed by atoms with Gasteiger partial charge in [-0.3, -0.25) is 4.79 Å². The van der Waals surface area contributed by atoms with Gasteiger partial charge in [-0.25, -0.2) is 13.1 Å². The van der Waals surface area contributed by atoms with E-state index in [-0.39, 0.29) is 25.5 Å². The Balaban J connectivity index is 1.23. The van der Waals surface area contributed by atoms with Crippen LogP contribution in [0.2, 0.25) is 0 Å². The molecule has 0 radical (unpaired) electrons. The SMILES string of the molecule is O=C(Cn1nnnc1-c1ccsc1)N1CCN(S(=O)(=O)c2ccc3c(c2)CCC3)CC1. The summed E-state index contributed by atoms with van der Waals surface area (Å²) in [5.41, 5.74) is 3.25. The largest absolute Gasteiger partial charge is 0.338 e. The van der Waals surface area contributed by atoms with E-state index in [0.717, 1.165) is 30.4 Å². The summed E-state index contributed by atoms with van der Waals surface area (Å²) in [6.07, 6.45) is 3.03. The molecule has 0 spiro atoms. The first-order valence-electron chi connectivity index (χ1n) is 10.2. The summed E-state index contributed by atoms with van der Waals surface area (Å²) in [7, 11) is -3.56. The number of thiophene rings is 1. The van der Waals surface area contributed by atoms with Gasteiger partial charge in [0.1, 0.15) is 6.54 Å². The number of amides is 1. The first-order chi connectivity index (χ1) is 15.0. The molecule has 0 unspecified atom stereocenters. The van der Waals surface area contributed by atoms with Crippen molar-refractivity contribution < 1.29 is 13.2 Å². The summed E-state index contributed by atoms with van der Waals surface area (Å²) < 4.78 is 29.1. The van der Waals surface area contributed by atoms with E-state index in [1.165, 1.54) is 25.9 Å². The van der Waals surface area contributed by atoms with Crippen molar-refractivity contribution in [1.82, 2.24) is 29.4 Å². The average molecular weight is 459 g/mol. The number of sulfonamides is 1. The molecule has 0 bridgehead atoms. The highest BCUT2D eigenvalue weighted by Gasteiger charge is 2.31. The third-order valence-corrected chi connectivity index (χ3v) is 8.47. The molecule has 0 atom stereocenters. The number of aryl methyl sites for hydroxylation is 2. The standard InChI is InChI=1S/C20H22N6O3S2/c27-19(13-26-20(21-22-23-26)17-6-11-30-14-17)24-7-9-25(10-8-24)31(28,29)18-5-4-15-2-1-3-16(15)12-18/h4-6,11-12,14H,1-3,7-10,13H2. The molecule has 9 nitrogen and oxygen atoms in total. The molecule has 1 saturated heterocycles. The summed E-state index contributed by atoms with van der Waals surface area (Å²) in [6.45, 7) is 1.27. The number of nitrogens with zero attached hydrogens (tertiary/aromatic N) is 6. The predicted octanol–water partition coefficient (Wildman–Crippen LogP) is 1.42. The zero-order chi connectivity index (χ0) is 21.4. The first-order valence-corrected chi connectivity index (χ1v) is 12.6. The van der Waals surface area contributed by atoms with Gasteiger partial charge in [0, 0.05) is 37.1 Å². The molecule has 162 valence electrons. The Bertz CT molecular complexity index is 1200. The quantitative estimate of drug-likeness (QED) is 0.573. The van der Waals surface area contributed by atoms with Crippen molar-refractivity contribution in [3.05, 3.63) is 46.2 Å². The van der Waals surface area contributed by atoms with Gasteiger partial charge in [0.25, 0.3) is 0 Å². The molecule has 3 aromatic rings. The normalized spacial score (nSPS) is 17.1. The van der Waals surface area contributed by atoms with Crippen LogP contribution in [0.5, 0.6) is 0 Å². The summed E-state index contributed by atoms with van der Waals surface area (Å²) in [6, 6.07) is 7.37. The second-order valence-corrected chi connectivity index (χ2v) is 10.5. The van der Waals surface area contributed by atoms with Gasteiger partial charge in [-0.15, -0.1) is 5.10 Å². The van der Waals surface area contributed by atoms with E-state index in [1.807, 2.05) is 29.0 Å². The number of rotatable bonds is 5. The second-order valence-electron chi connectivity index (χ2n) is 7.74. The smallest absolute Gasteiger partial charge is 0.244 e. The molecule has 5 rings (SSSR count). The molecular weight excluding hydrogens is 436 g/mol. The van der Waals surface area contributed by atoms with Crippen LogP contribution in [0.25, 0.3) is 11.4 Å². The van der Waals surface area contributed by atoms with Crippen LogP contribution in [-0.2, 0) is 34.2 Å². The highest BCUT2D eigenvalue weighted by molar-refractivity contribution is 7.89. The number of hydrogen-bond acceptors (Lipinski definition) is 7. The van der Waals surface area contributed by atoms with Crippen molar-refractivity contribution >= 4 is 27.3 Å². The molecule has 2 aliphatic rings. The summed E-state index contributed by atoms with van der Waals surface area (Å²) in [5.74, 6) is 0.422. The van der Waals surface area contributed by atoms with E-state index < -0.39 is 10.0 Å². The van der Waals surface area contributed by atoms with Crippen LogP contribution in [0.4, 0.5) is 0 Å². The summed E-state index contributed by atoms with van der Waals surface area (Å²) in [4.78, 5) is 14.8. The van der Waals surface area contributed by atoms with Crippen molar-refractivity contribution in [1.29, 1.82) is 0 Å². The molecule has 2 aromatic heterocycles. The van der Waals surface area contributed by atoms with Gasteiger partial charge in [0.15, 0.2) is 5.82 Å². The van der Waals surface area contributed by atoms with Gasteiger partial charge in [0.05, 0.1) is 4.90 Å². The topological polar surface area (TPSA) is 101 Å². The highest BCUT2D eigenvalue weighted by Crippen LogP contribution is 2.27. The number of carbonyl (C=O) groups excluding carboxylic acids is 1. The number of aromatic nitrogens is 4. The van der Waals surface area contributed by atoms with E-state index in [4.69, 9.17) is 0 Å². The molecule has 11 heteroatoms. The lowest BCUT2D eigenvalue weighted by atomic mass is 10.1. The molecule has 1 aliphatic carbocycles. The van der Waals surface area contributed by atoms with E-state index in [9.17, 15) is 13.2 Å². The van der Waals surface area contributed by atoms with Gasteiger partial charge in [-0.2, -0.15) is 15.6 Å². The van der Waals surface area contributed by atoms with Crippen LogP contribution < -0.4 is 0 Å². The molecule has 3 heterocycles. The van der Waals surface area contributed by atoms with Gasteiger partial charge < -0.3 is 4.90 Å². The van der Waals surface area contributed by atoms with Crippen LogP contribution in [0.3, 0.4) is 0 Å². The fraction of sp³-hybridized carbons (Fsp3) is 0.400. The lowest BCUT2D eigenvalue weighted by Gasteiger charge is -2.34. The predicted molar refractivity (Wildman–Crippen MR) is 115 cm³/mol. The maximum absolute atomic E-state index is 13.1. The first kappa shape index (κ1) is 20.3. The van der Waals surface area contributed by atoms with Crippen LogP contribution in [-0.4, -0.2) is 69.9 Å². The number of hydrogen-bond donors (Lipinski definition) is 0. The number of piperazine rings is 1. The zero-order valence-electron chi connectivity index (χ0n) is 16.8. The molecule has 1 fully saturated rings. The fourth-order valence-electron chi connectivity index (χ4n) is 4.17. The Labute approximate surface area is 184 Å². The molecule has 1 aliphatic heterocycles. The Morgan fingerprint density at radius 3 is 2.65 bits per heavy atom. The Kier molecular flexibility index (Phi) is 5.32. The monoisotopic (exact) mass is 458 g/mol. The fourth-order valence-corrected chi connectivity index (χ4v) is 6.28. The van der Waals surface area contributed by atoms with Gasteiger partial charge in [-0.1, -0.05) is 6.07 Å². The number of fused-ring (bicyclic) bond motifs is 1. The Hall–Kier alpha value is -2.63. The van der Waals surface area contributed by atoms with Crippen molar-refractivity contribution in [3.63, 3.8) is 0 Å². The van der Waals surface area contributed by atoms with E-state index in [2.05, 4.69) is 15.5 Å². The molecule has 31 heavy (non-hydrogen) atoms. The third-order valence-electron chi connectivity index (χ3n) is 5.90. The van der Waals surface area contributed by atoms with Crippen LogP contribution >= 0.6 is 11.3 Å². The third kappa shape index (κ3) is 3.88. The van der Waals surface area contributed by atoms with Crippen LogP contribution in [0.15, 0.2) is 39.9 Å². The van der Waals surface area contributed by atoms with Crippen LogP contribution in [0.1, 0.15) is 17.5 Å². The minimum absolute atomic E-state index is 0.0236. The number of tetrazole rings is 1. The number of benzene rings is 1. The maximum Gasteiger partial charge on any atom is 0.244 e. The van der Waals surface area contributed by atoms with Crippen molar-refractivity contribution in [2.45, 2.75) is 30.7 Å². The summed E-state index contributed by atoms with van der Waals surface area (Å²) >= 11 is 1.53. The average Bonchev–Trinajstić information content (AvgIpc) is 3.54. The second kappa shape index (κ2) is 8.13. The van der Waals surface area contributed by atoms with E-state index in [1.54, 1.807) is 11.0 Å². The molecular formula is C20H22N6O3S2. The molecule has 1 aromatic carbocycles. The van der Waals surface area contributed by atoms with Gasteiger partial charge >= 0.3 is 0 Å². The molecule has 0 N–H and O–H groups in total. The number of carbonyl (C=O) groups is 1. The highest BCUT2D eigenvalue weighted by atomic mass is 32.2. The minimum Gasteiger partial charge on any atom is -0.338 e. The van der Waals surface area contributed by atoms with Crippen molar-refractivity contribution in [2.24, 2.45) is 0 Å². The maximum atomic E-state index is 13.1.